The number of nitrogens with two attached hydrogens (primary N) is 1. The molecule has 6 nitrogen and oxygen atoms in total. The lowest BCUT2D eigenvalue weighted by Crippen LogP contribution is -2.31. The van der Waals surface area contributed by atoms with Crippen molar-refractivity contribution in [3.63, 3.8) is 0 Å². The summed E-state index contributed by atoms with van der Waals surface area (Å²) in [5.41, 5.74) is 5.34. The van der Waals surface area contributed by atoms with Crippen molar-refractivity contribution in [2.75, 3.05) is 19.6 Å². The van der Waals surface area contributed by atoms with Gasteiger partial charge in [0.15, 0.2) is 0 Å². The van der Waals surface area contributed by atoms with Gasteiger partial charge in [0.25, 0.3) is 0 Å². The van der Waals surface area contributed by atoms with Gasteiger partial charge in [0.2, 0.25) is 5.91 Å². The molecule has 0 aromatic carbocycles. The second kappa shape index (κ2) is 4.63. The highest BCUT2D eigenvalue weighted by molar-refractivity contribution is 5.76. The normalized spacial score (nSPS) is 25.0. The van der Waals surface area contributed by atoms with Gasteiger partial charge in [-0.2, -0.15) is 0 Å². The van der Waals surface area contributed by atoms with Crippen molar-refractivity contribution in [1.29, 1.82) is 0 Å². The quantitative estimate of drug-likeness (QED) is 0.688. The van der Waals surface area contributed by atoms with E-state index in [1.165, 1.54) is 0 Å². The second-order valence-corrected chi connectivity index (χ2v) is 3.98. The van der Waals surface area contributed by atoms with Crippen molar-refractivity contribution in [1.82, 2.24) is 14.5 Å². The Morgan fingerprint density at radius 2 is 2.38 bits per heavy atom. The summed E-state index contributed by atoms with van der Waals surface area (Å²) in [6.07, 6.45) is 4.92. The number of imidazole rings is 1. The maximum atomic E-state index is 11.6. The first-order valence-corrected chi connectivity index (χ1v) is 5.35. The molecule has 16 heavy (non-hydrogen) atoms. The van der Waals surface area contributed by atoms with Crippen molar-refractivity contribution in [2.24, 2.45) is 5.73 Å². The second-order valence-electron chi connectivity index (χ2n) is 3.98. The van der Waals surface area contributed by atoms with E-state index in [1.807, 2.05) is 4.57 Å². The first-order valence-electron chi connectivity index (χ1n) is 5.35. The lowest BCUT2D eigenvalue weighted by Gasteiger charge is -2.16. The van der Waals surface area contributed by atoms with E-state index in [-0.39, 0.29) is 11.9 Å². The van der Waals surface area contributed by atoms with Crippen LogP contribution in [0.2, 0.25) is 0 Å². The maximum Gasteiger partial charge on any atom is 0.224 e. The molecule has 0 radical (unpaired) electrons. The average molecular weight is 224 g/mol. The molecule has 0 spiro atoms. The summed E-state index contributed by atoms with van der Waals surface area (Å²) >= 11 is 0. The molecule has 0 bridgehead atoms. The number of amides is 1. The van der Waals surface area contributed by atoms with Gasteiger partial charge in [-0.15, -0.1) is 0 Å². The number of nitrogens with zero attached hydrogens (tertiary/aromatic N) is 3. The van der Waals surface area contributed by atoms with Gasteiger partial charge in [0.05, 0.1) is 18.5 Å². The van der Waals surface area contributed by atoms with Crippen LogP contribution in [0.1, 0.15) is 12.5 Å². The molecule has 0 aliphatic carbocycles. The SMILES string of the molecule is NCCC(=O)N1C[C@@H](O)[C@H](n2ccnc2)C1. The predicted octanol–water partition coefficient (Wildman–Crippen LogP) is -1.02. The third-order valence-electron chi connectivity index (χ3n) is 2.88. The third kappa shape index (κ3) is 2.07. The van der Waals surface area contributed by atoms with Crippen LogP contribution >= 0.6 is 0 Å². The molecule has 1 aromatic rings. The van der Waals surface area contributed by atoms with E-state index in [1.54, 1.807) is 23.6 Å². The molecule has 1 aromatic heterocycles. The van der Waals surface area contributed by atoms with E-state index in [0.717, 1.165) is 0 Å². The highest BCUT2D eigenvalue weighted by Crippen LogP contribution is 2.22. The topological polar surface area (TPSA) is 84.4 Å². The van der Waals surface area contributed by atoms with Crippen molar-refractivity contribution in [3.05, 3.63) is 18.7 Å². The molecule has 2 heterocycles. The fourth-order valence-electron chi connectivity index (χ4n) is 2.01. The van der Waals surface area contributed by atoms with E-state index in [9.17, 15) is 9.90 Å². The van der Waals surface area contributed by atoms with E-state index in [2.05, 4.69) is 4.98 Å². The van der Waals surface area contributed by atoms with Crippen LogP contribution in [0.3, 0.4) is 0 Å². The number of aliphatic hydroxyl groups excluding tert-OH is 1. The van der Waals surface area contributed by atoms with Gasteiger partial charge in [-0.05, 0) is 0 Å². The van der Waals surface area contributed by atoms with Gasteiger partial charge >= 0.3 is 0 Å². The monoisotopic (exact) mass is 224 g/mol. The van der Waals surface area contributed by atoms with Gasteiger partial charge in [0, 0.05) is 38.4 Å². The molecule has 1 aliphatic heterocycles. The van der Waals surface area contributed by atoms with Gasteiger partial charge < -0.3 is 20.3 Å². The van der Waals surface area contributed by atoms with Crippen LogP contribution < -0.4 is 5.73 Å². The number of aromatic nitrogens is 2. The average Bonchev–Trinajstić information content (AvgIpc) is 2.86. The Morgan fingerprint density at radius 3 is 3.00 bits per heavy atom. The Hall–Kier alpha value is -1.40. The van der Waals surface area contributed by atoms with E-state index < -0.39 is 6.10 Å². The zero-order valence-electron chi connectivity index (χ0n) is 8.99. The number of carbonyl (C=O) groups is 1. The van der Waals surface area contributed by atoms with Gasteiger partial charge in [-0.25, -0.2) is 4.98 Å². The van der Waals surface area contributed by atoms with Gasteiger partial charge in [-0.1, -0.05) is 0 Å². The van der Waals surface area contributed by atoms with Crippen LogP contribution in [0.5, 0.6) is 0 Å². The van der Waals surface area contributed by atoms with Crippen LogP contribution in [0, 0.1) is 0 Å². The summed E-state index contributed by atoms with van der Waals surface area (Å²) in [4.78, 5) is 17.2. The van der Waals surface area contributed by atoms with E-state index >= 15 is 0 Å². The first-order chi connectivity index (χ1) is 7.72. The minimum atomic E-state index is -0.532. The summed E-state index contributed by atoms with van der Waals surface area (Å²) in [5, 5.41) is 9.87. The van der Waals surface area contributed by atoms with Crippen molar-refractivity contribution >= 4 is 5.91 Å². The molecule has 1 amide bonds. The molecular weight excluding hydrogens is 208 g/mol. The molecule has 6 heteroatoms. The highest BCUT2D eigenvalue weighted by Gasteiger charge is 2.34. The zero-order valence-corrected chi connectivity index (χ0v) is 8.99. The molecule has 88 valence electrons. The van der Waals surface area contributed by atoms with Crippen LogP contribution in [-0.2, 0) is 4.79 Å². The minimum absolute atomic E-state index is 0.00386. The lowest BCUT2D eigenvalue weighted by atomic mass is 10.2. The first kappa shape index (κ1) is 11.1. The van der Waals surface area contributed by atoms with Crippen molar-refractivity contribution < 1.29 is 9.90 Å². The summed E-state index contributed by atoms with van der Waals surface area (Å²) in [7, 11) is 0. The molecule has 1 fully saturated rings. The molecule has 0 saturated carbocycles. The van der Waals surface area contributed by atoms with Crippen LogP contribution in [0.4, 0.5) is 0 Å². The number of hydrogen-bond donors (Lipinski definition) is 2. The molecular formula is C10H16N4O2. The third-order valence-corrected chi connectivity index (χ3v) is 2.88. The number of carbonyl (C=O) groups excluding carboxylic acids is 1. The zero-order chi connectivity index (χ0) is 11.5. The van der Waals surface area contributed by atoms with Crippen LogP contribution in [0.15, 0.2) is 18.7 Å². The number of rotatable bonds is 3. The fourth-order valence-corrected chi connectivity index (χ4v) is 2.01. The number of hydrogen-bond acceptors (Lipinski definition) is 4. The van der Waals surface area contributed by atoms with E-state index in [0.29, 0.717) is 26.1 Å². The Labute approximate surface area is 93.7 Å². The van der Waals surface area contributed by atoms with Crippen LogP contribution in [-0.4, -0.2) is 51.2 Å². The standard InChI is InChI=1S/C10H16N4O2/c11-2-1-10(16)14-5-8(9(15)6-14)13-4-3-12-7-13/h3-4,7-9,15H,1-2,5-6,11H2/t8-,9-/m1/s1. The fraction of sp³-hybridized carbons (Fsp3) is 0.600. The predicted molar refractivity (Wildman–Crippen MR) is 57.5 cm³/mol. The van der Waals surface area contributed by atoms with Gasteiger partial charge in [0.1, 0.15) is 0 Å². The number of likely N-dealkylation sites (tertiary alicyclic amines) is 1. The van der Waals surface area contributed by atoms with Crippen LogP contribution in [0.25, 0.3) is 0 Å². The summed E-state index contributed by atoms with van der Waals surface area (Å²) in [5.74, 6) is 0.00386. The Morgan fingerprint density at radius 1 is 1.56 bits per heavy atom. The molecule has 3 N–H and O–H groups in total. The number of β-amino-alcohol motifs (C(OH)–C–C–N with tert-alkyl or cyclic N) is 1. The largest absolute Gasteiger partial charge is 0.389 e. The van der Waals surface area contributed by atoms with Crippen molar-refractivity contribution in [3.8, 4) is 0 Å². The maximum absolute atomic E-state index is 11.6. The lowest BCUT2D eigenvalue weighted by molar-refractivity contribution is -0.130. The molecule has 2 rings (SSSR count). The highest BCUT2D eigenvalue weighted by atomic mass is 16.3. The molecule has 1 saturated heterocycles. The Balaban J connectivity index is 2.02. The van der Waals surface area contributed by atoms with E-state index in [4.69, 9.17) is 5.73 Å². The van der Waals surface area contributed by atoms with Crippen molar-refractivity contribution in [2.45, 2.75) is 18.6 Å². The van der Waals surface area contributed by atoms with Gasteiger partial charge in [-0.3, -0.25) is 4.79 Å². The Kier molecular flexibility index (Phi) is 3.21. The Bertz CT molecular complexity index is 352. The summed E-state index contributed by atoms with van der Waals surface area (Å²) < 4.78 is 1.83. The summed E-state index contributed by atoms with van der Waals surface area (Å²) in [6, 6.07) is -0.0933. The molecule has 0 unspecified atom stereocenters. The smallest absolute Gasteiger partial charge is 0.224 e. The summed E-state index contributed by atoms with van der Waals surface area (Å²) in [6.45, 7) is 1.25. The number of aliphatic hydroxyl groups is 1. The minimum Gasteiger partial charge on any atom is -0.389 e. The molecule has 1 aliphatic rings. The molecule has 2 atom stereocenters.